The van der Waals surface area contributed by atoms with Gasteiger partial charge in [0.15, 0.2) is 5.82 Å². The van der Waals surface area contributed by atoms with Crippen LogP contribution in [0.15, 0.2) is 59.4 Å². The summed E-state index contributed by atoms with van der Waals surface area (Å²) < 4.78 is 1.60. The lowest BCUT2D eigenvalue weighted by atomic mass is 9.96. The van der Waals surface area contributed by atoms with Gasteiger partial charge in [0.05, 0.1) is 22.6 Å². The fraction of sp³-hybridized carbons (Fsp3) is 0.192. The van der Waals surface area contributed by atoms with E-state index in [0.717, 1.165) is 30.6 Å². The molecule has 3 heterocycles. The second-order valence-electron chi connectivity index (χ2n) is 8.50. The number of nitrogens with two attached hydrogens (primary N) is 2. The summed E-state index contributed by atoms with van der Waals surface area (Å²) in [6.07, 6.45) is 2.95. The van der Waals surface area contributed by atoms with E-state index in [2.05, 4.69) is 26.7 Å². The number of anilines is 3. The van der Waals surface area contributed by atoms with Gasteiger partial charge in [-0.05, 0) is 49.2 Å². The molecular formula is C26H25N9O. The molecule has 2 aromatic carbocycles. The van der Waals surface area contributed by atoms with Crippen molar-refractivity contribution >= 4 is 34.1 Å². The molecule has 1 aliphatic heterocycles. The topological polar surface area (TPSA) is 161 Å². The Morgan fingerprint density at radius 3 is 2.64 bits per heavy atom. The monoisotopic (exact) mass is 479 g/mol. The third kappa shape index (κ3) is 4.12. The van der Waals surface area contributed by atoms with Crippen molar-refractivity contribution in [1.82, 2.24) is 24.8 Å². The molecule has 0 bridgehead atoms. The average molecular weight is 480 g/mol. The Balaban J connectivity index is 1.72. The minimum Gasteiger partial charge on any atom is -0.382 e. The Morgan fingerprint density at radius 1 is 1.11 bits per heavy atom. The van der Waals surface area contributed by atoms with Crippen molar-refractivity contribution in [3.05, 3.63) is 81.9 Å². The minimum absolute atomic E-state index is 0.0218. The summed E-state index contributed by atoms with van der Waals surface area (Å²) >= 11 is 0. The van der Waals surface area contributed by atoms with Crippen molar-refractivity contribution in [2.45, 2.75) is 19.4 Å². The lowest BCUT2D eigenvalue weighted by Crippen LogP contribution is -2.28. The number of aromatic nitrogens is 4. The first-order chi connectivity index (χ1) is 17.5. The molecule has 0 unspecified atom stereocenters. The fourth-order valence-corrected chi connectivity index (χ4v) is 4.48. The maximum Gasteiger partial charge on any atom is 0.266 e. The fourth-order valence-electron chi connectivity index (χ4n) is 4.48. The molecule has 0 radical (unpaired) electrons. The normalized spacial score (nSPS) is 14.2. The molecule has 1 atom stereocenters. The molecule has 6 N–H and O–H groups in total. The van der Waals surface area contributed by atoms with E-state index in [1.807, 2.05) is 61.5 Å². The smallest absolute Gasteiger partial charge is 0.266 e. The highest BCUT2D eigenvalue weighted by atomic mass is 16.1. The molecule has 0 saturated heterocycles. The third-order valence-corrected chi connectivity index (χ3v) is 6.15. The standard InChI is InChI=1S/C26H25N9O/c1-15(31-23-19(14-27)22(28)33-26(29)34-23)24-32-20-9-5-8-18(16-10-12-30-13-11-16)21(20)25(36)35(24)17-6-3-2-4-7-17/h2-10,15,30H,11-13H2,1H3,(H5,28,29,31,33,34)/t15-/m0/s1. The van der Waals surface area contributed by atoms with Crippen molar-refractivity contribution in [2.24, 2.45) is 0 Å². The van der Waals surface area contributed by atoms with Crippen LogP contribution in [0, 0.1) is 11.3 Å². The van der Waals surface area contributed by atoms with E-state index in [0.29, 0.717) is 22.4 Å². The van der Waals surface area contributed by atoms with Crippen molar-refractivity contribution in [2.75, 3.05) is 29.9 Å². The zero-order chi connectivity index (χ0) is 25.2. The van der Waals surface area contributed by atoms with Crippen molar-refractivity contribution < 1.29 is 0 Å². The van der Waals surface area contributed by atoms with Crippen molar-refractivity contribution in [1.29, 1.82) is 5.26 Å². The molecule has 0 saturated carbocycles. The minimum atomic E-state index is -0.537. The predicted molar refractivity (Wildman–Crippen MR) is 140 cm³/mol. The van der Waals surface area contributed by atoms with E-state index in [-0.39, 0.29) is 28.7 Å². The van der Waals surface area contributed by atoms with Gasteiger partial charge in [0.2, 0.25) is 5.95 Å². The Kier molecular flexibility index (Phi) is 6.06. The highest BCUT2D eigenvalue weighted by molar-refractivity contribution is 5.91. The summed E-state index contributed by atoms with van der Waals surface area (Å²) in [7, 11) is 0. The van der Waals surface area contributed by atoms with E-state index in [9.17, 15) is 10.1 Å². The molecule has 0 spiro atoms. The highest BCUT2D eigenvalue weighted by Gasteiger charge is 2.22. The van der Waals surface area contributed by atoms with Crippen LogP contribution in [-0.2, 0) is 0 Å². The number of benzene rings is 2. The third-order valence-electron chi connectivity index (χ3n) is 6.15. The Labute approximate surface area is 207 Å². The van der Waals surface area contributed by atoms with Gasteiger partial charge in [-0.2, -0.15) is 15.2 Å². The van der Waals surface area contributed by atoms with E-state index < -0.39 is 6.04 Å². The van der Waals surface area contributed by atoms with Crippen LogP contribution in [0.5, 0.6) is 0 Å². The molecule has 4 aromatic rings. The van der Waals surface area contributed by atoms with E-state index in [1.165, 1.54) is 0 Å². The van der Waals surface area contributed by atoms with Gasteiger partial charge in [-0.1, -0.05) is 36.4 Å². The quantitative estimate of drug-likeness (QED) is 0.337. The number of fused-ring (bicyclic) bond motifs is 1. The lowest BCUT2D eigenvalue weighted by Gasteiger charge is -2.22. The molecule has 0 amide bonds. The largest absolute Gasteiger partial charge is 0.382 e. The lowest BCUT2D eigenvalue weighted by molar-refractivity contribution is 0.729. The van der Waals surface area contributed by atoms with Gasteiger partial charge in [-0.25, -0.2) is 4.98 Å². The van der Waals surface area contributed by atoms with Gasteiger partial charge in [0.1, 0.15) is 23.3 Å². The molecule has 0 fully saturated rings. The van der Waals surface area contributed by atoms with Gasteiger partial charge in [-0.3, -0.25) is 9.36 Å². The number of hydrogen-bond donors (Lipinski definition) is 4. The zero-order valence-corrected chi connectivity index (χ0v) is 19.7. The molecule has 1 aliphatic rings. The van der Waals surface area contributed by atoms with Crippen LogP contribution in [0.4, 0.5) is 17.6 Å². The number of nitrogens with one attached hydrogen (secondary N) is 2. The van der Waals surface area contributed by atoms with Crippen molar-refractivity contribution in [3.63, 3.8) is 0 Å². The van der Waals surface area contributed by atoms with Crippen LogP contribution >= 0.6 is 0 Å². The second-order valence-corrected chi connectivity index (χ2v) is 8.50. The molecular weight excluding hydrogens is 454 g/mol. The number of hydrogen-bond acceptors (Lipinski definition) is 9. The zero-order valence-electron chi connectivity index (χ0n) is 19.7. The maximum absolute atomic E-state index is 14.1. The highest BCUT2D eigenvalue weighted by Crippen LogP contribution is 2.29. The van der Waals surface area contributed by atoms with Crippen LogP contribution in [0.25, 0.3) is 22.2 Å². The maximum atomic E-state index is 14.1. The van der Waals surface area contributed by atoms with Crippen LogP contribution in [0.2, 0.25) is 0 Å². The number of nitrogens with zero attached hydrogens (tertiary/aromatic N) is 5. The summed E-state index contributed by atoms with van der Waals surface area (Å²) in [5, 5.41) is 16.6. The molecule has 2 aromatic heterocycles. The summed E-state index contributed by atoms with van der Waals surface area (Å²) in [6.45, 7) is 3.45. The Morgan fingerprint density at radius 2 is 1.92 bits per heavy atom. The molecule has 36 heavy (non-hydrogen) atoms. The van der Waals surface area contributed by atoms with Crippen molar-refractivity contribution in [3.8, 4) is 11.8 Å². The first-order valence-electron chi connectivity index (χ1n) is 11.6. The van der Waals surface area contributed by atoms with E-state index in [1.54, 1.807) is 4.57 Å². The average Bonchev–Trinajstić information content (AvgIpc) is 2.89. The predicted octanol–water partition coefficient (Wildman–Crippen LogP) is 2.76. The summed E-state index contributed by atoms with van der Waals surface area (Å²) in [5.74, 6) is 0.548. The molecule has 10 nitrogen and oxygen atoms in total. The first kappa shape index (κ1) is 23.0. The van der Waals surface area contributed by atoms with E-state index >= 15 is 0 Å². The Hall–Kier alpha value is -4.75. The molecule has 180 valence electrons. The molecule has 5 rings (SSSR count). The molecule has 0 aliphatic carbocycles. The number of nitrogen functional groups attached to an aromatic ring is 2. The summed E-state index contributed by atoms with van der Waals surface area (Å²) in [5.41, 5.74) is 14.8. The van der Waals surface area contributed by atoms with Crippen LogP contribution in [-0.4, -0.2) is 32.6 Å². The van der Waals surface area contributed by atoms with Gasteiger partial charge < -0.3 is 22.1 Å². The number of nitriles is 1. The van der Waals surface area contributed by atoms with Crippen LogP contribution in [0.3, 0.4) is 0 Å². The van der Waals surface area contributed by atoms with Gasteiger partial charge in [-0.15, -0.1) is 0 Å². The Bertz CT molecular complexity index is 1590. The summed E-state index contributed by atoms with van der Waals surface area (Å²) in [4.78, 5) is 27.1. The van der Waals surface area contributed by atoms with Gasteiger partial charge in [0.25, 0.3) is 5.56 Å². The number of rotatable bonds is 5. The summed E-state index contributed by atoms with van der Waals surface area (Å²) in [6, 6.07) is 16.6. The van der Waals surface area contributed by atoms with E-state index in [4.69, 9.17) is 16.5 Å². The van der Waals surface area contributed by atoms with Gasteiger partial charge >= 0.3 is 0 Å². The van der Waals surface area contributed by atoms with Gasteiger partial charge in [0, 0.05) is 6.54 Å². The van der Waals surface area contributed by atoms with Crippen LogP contribution < -0.4 is 27.7 Å². The first-order valence-corrected chi connectivity index (χ1v) is 11.6. The molecule has 10 heteroatoms. The SMILES string of the molecule is C[C@H](Nc1nc(N)nc(N)c1C#N)c1nc2cccc(C3=CCNCC3)c2c(=O)n1-c1ccccc1. The van der Waals surface area contributed by atoms with Crippen LogP contribution in [0.1, 0.15) is 36.3 Å². The number of para-hydroxylation sites is 1. The second kappa shape index (κ2) is 9.48.